The summed E-state index contributed by atoms with van der Waals surface area (Å²) in [5.41, 5.74) is 2.01. The van der Waals surface area contributed by atoms with Gasteiger partial charge < -0.3 is 0 Å². The van der Waals surface area contributed by atoms with E-state index in [0.29, 0.717) is 0 Å². The molecule has 0 atom stereocenters. The fourth-order valence-corrected chi connectivity index (χ4v) is 1.70. The molecular formula is C13H16O2. The minimum absolute atomic E-state index is 0.0910. The summed E-state index contributed by atoms with van der Waals surface area (Å²) in [6.45, 7) is 4.99. The zero-order valence-corrected chi connectivity index (χ0v) is 9.41. The lowest BCUT2D eigenvalue weighted by Gasteiger charge is -2.10. The number of hydrogen-bond donors (Lipinski definition) is 0. The average molecular weight is 204 g/mol. The van der Waals surface area contributed by atoms with Crippen molar-refractivity contribution in [3.63, 3.8) is 0 Å². The van der Waals surface area contributed by atoms with Gasteiger partial charge in [-0.05, 0) is 31.4 Å². The summed E-state index contributed by atoms with van der Waals surface area (Å²) in [4.78, 5) is 22.6. The topological polar surface area (TPSA) is 34.1 Å². The largest absolute Gasteiger partial charge is 0.299 e. The monoisotopic (exact) mass is 204 g/mol. The number of benzene rings is 1. The predicted octanol–water partition coefficient (Wildman–Crippen LogP) is 2.51. The highest BCUT2D eigenvalue weighted by Crippen LogP contribution is 2.18. The van der Waals surface area contributed by atoms with Crippen molar-refractivity contribution < 1.29 is 9.59 Å². The third-order valence-corrected chi connectivity index (χ3v) is 2.53. The van der Waals surface area contributed by atoms with E-state index in [1.165, 1.54) is 19.4 Å². The second-order valence-corrected chi connectivity index (χ2v) is 3.75. The molecule has 0 heterocycles. The number of carbonyl (C=O) groups excluding carboxylic acids is 2. The second kappa shape index (κ2) is 4.87. The number of hydrogen-bond acceptors (Lipinski definition) is 2. The van der Waals surface area contributed by atoms with E-state index in [4.69, 9.17) is 0 Å². The highest BCUT2D eigenvalue weighted by Gasteiger charge is 2.21. The van der Waals surface area contributed by atoms with Gasteiger partial charge in [0.05, 0.1) is 0 Å². The maximum absolute atomic E-state index is 11.3. The number of Topliss-reactive ketones (excluding diaryl/α,β-unsaturated/α-hetero) is 2. The van der Waals surface area contributed by atoms with Crippen molar-refractivity contribution in [1.29, 1.82) is 0 Å². The molecule has 0 unspecified atom stereocenters. The summed E-state index contributed by atoms with van der Waals surface area (Å²) in [5, 5.41) is 0. The molecule has 0 saturated heterocycles. The van der Waals surface area contributed by atoms with E-state index in [9.17, 15) is 9.59 Å². The van der Waals surface area contributed by atoms with Crippen LogP contribution in [0.1, 0.15) is 37.8 Å². The van der Waals surface area contributed by atoms with Crippen molar-refractivity contribution in [2.45, 2.75) is 33.1 Å². The maximum Gasteiger partial charge on any atom is 0.144 e. The van der Waals surface area contributed by atoms with E-state index >= 15 is 0 Å². The van der Waals surface area contributed by atoms with Crippen molar-refractivity contribution in [1.82, 2.24) is 0 Å². The van der Waals surface area contributed by atoms with Gasteiger partial charge in [0.25, 0.3) is 0 Å². The van der Waals surface area contributed by atoms with Gasteiger partial charge in [0, 0.05) is 0 Å². The van der Waals surface area contributed by atoms with Crippen molar-refractivity contribution >= 4 is 11.6 Å². The lowest BCUT2D eigenvalue weighted by molar-refractivity contribution is -0.126. The molecule has 0 aliphatic heterocycles. The van der Waals surface area contributed by atoms with Gasteiger partial charge in [-0.1, -0.05) is 31.2 Å². The van der Waals surface area contributed by atoms with Gasteiger partial charge in [0.1, 0.15) is 17.5 Å². The van der Waals surface area contributed by atoms with E-state index in [2.05, 4.69) is 6.92 Å². The van der Waals surface area contributed by atoms with Gasteiger partial charge in [0.2, 0.25) is 0 Å². The second-order valence-electron chi connectivity index (χ2n) is 3.75. The highest BCUT2D eigenvalue weighted by molar-refractivity contribution is 6.05. The standard InChI is InChI=1S/C13H16O2/c1-4-11-5-7-12(8-6-11)13(9(2)14)10(3)15/h5-8,13H,4H2,1-3H3. The summed E-state index contributed by atoms with van der Waals surface area (Å²) in [6, 6.07) is 7.67. The molecule has 0 amide bonds. The van der Waals surface area contributed by atoms with E-state index in [0.717, 1.165) is 12.0 Å². The minimum Gasteiger partial charge on any atom is -0.299 e. The molecule has 0 aromatic heterocycles. The van der Waals surface area contributed by atoms with Crippen LogP contribution in [-0.4, -0.2) is 11.6 Å². The van der Waals surface area contributed by atoms with E-state index < -0.39 is 5.92 Å². The molecule has 0 spiro atoms. The Kier molecular flexibility index (Phi) is 3.78. The van der Waals surface area contributed by atoms with Crippen molar-refractivity contribution in [2.24, 2.45) is 0 Å². The number of carbonyl (C=O) groups is 2. The van der Waals surface area contributed by atoms with Crippen LogP contribution in [0.25, 0.3) is 0 Å². The zero-order chi connectivity index (χ0) is 11.4. The van der Waals surface area contributed by atoms with Crippen molar-refractivity contribution in [2.75, 3.05) is 0 Å². The minimum atomic E-state index is -0.587. The molecule has 1 aromatic carbocycles. The summed E-state index contributed by atoms with van der Waals surface area (Å²) < 4.78 is 0. The predicted molar refractivity (Wildman–Crippen MR) is 59.9 cm³/mol. The lowest BCUT2D eigenvalue weighted by atomic mass is 9.91. The third kappa shape index (κ3) is 2.75. The van der Waals surface area contributed by atoms with Gasteiger partial charge >= 0.3 is 0 Å². The third-order valence-electron chi connectivity index (χ3n) is 2.53. The van der Waals surface area contributed by atoms with Gasteiger partial charge in [-0.2, -0.15) is 0 Å². The Hall–Kier alpha value is -1.44. The molecule has 0 aliphatic carbocycles. The average Bonchev–Trinajstić information content (AvgIpc) is 2.18. The SMILES string of the molecule is CCc1ccc(C(C(C)=O)C(C)=O)cc1. The molecule has 0 bridgehead atoms. The molecule has 1 aromatic rings. The van der Waals surface area contributed by atoms with Crippen LogP contribution < -0.4 is 0 Å². The van der Waals surface area contributed by atoms with Crippen LogP contribution in [0, 0.1) is 0 Å². The molecule has 0 fully saturated rings. The van der Waals surface area contributed by atoms with Crippen LogP contribution in [0.5, 0.6) is 0 Å². The van der Waals surface area contributed by atoms with Crippen LogP contribution in [0.4, 0.5) is 0 Å². The van der Waals surface area contributed by atoms with Crippen molar-refractivity contribution in [3.05, 3.63) is 35.4 Å². The normalized spacial score (nSPS) is 10.4. The van der Waals surface area contributed by atoms with E-state index in [1.54, 1.807) is 0 Å². The Morgan fingerprint density at radius 1 is 1.07 bits per heavy atom. The van der Waals surface area contributed by atoms with Crippen LogP contribution in [-0.2, 0) is 16.0 Å². The fraction of sp³-hybridized carbons (Fsp3) is 0.385. The van der Waals surface area contributed by atoms with E-state index in [1.807, 2.05) is 24.3 Å². The first kappa shape index (κ1) is 11.6. The Morgan fingerprint density at radius 3 is 1.87 bits per heavy atom. The molecule has 80 valence electrons. The quantitative estimate of drug-likeness (QED) is 0.706. The Morgan fingerprint density at radius 2 is 1.53 bits per heavy atom. The molecular weight excluding hydrogens is 188 g/mol. The first-order valence-corrected chi connectivity index (χ1v) is 5.16. The lowest BCUT2D eigenvalue weighted by Crippen LogP contribution is -2.16. The molecule has 2 nitrogen and oxygen atoms in total. The fourth-order valence-electron chi connectivity index (χ4n) is 1.70. The molecule has 15 heavy (non-hydrogen) atoms. The Balaban J connectivity index is 3.02. The van der Waals surface area contributed by atoms with Crippen LogP contribution >= 0.6 is 0 Å². The smallest absolute Gasteiger partial charge is 0.144 e. The molecule has 1 rings (SSSR count). The maximum atomic E-state index is 11.3. The van der Waals surface area contributed by atoms with Crippen molar-refractivity contribution in [3.8, 4) is 0 Å². The summed E-state index contributed by atoms with van der Waals surface area (Å²) >= 11 is 0. The molecule has 0 saturated carbocycles. The van der Waals surface area contributed by atoms with Crippen LogP contribution in [0.2, 0.25) is 0 Å². The molecule has 2 heteroatoms. The molecule has 0 radical (unpaired) electrons. The number of rotatable bonds is 4. The Labute approximate surface area is 90.3 Å². The first-order chi connectivity index (χ1) is 7.06. The van der Waals surface area contributed by atoms with Crippen LogP contribution in [0.15, 0.2) is 24.3 Å². The van der Waals surface area contributed by atoms with Crippen LogP contribution in [0.3, 0.4) is 0 Å². The zero-order valence-electron chi connectivity index (χ0n) is 9.41. The summed E-state index contributed by atoms with van der Waals surface area (Å²) in [5.74, 6) is -0.769. The van der Waals surface area contributed by atoms with Gasteiger partial charge in [-0.3, -0.25) is 9.59 Å². The van der Waals surface area contributed by atoms with Gasteiger partial charge in [0.15, 0.2) is 0 Å². The molecule has 0 aliphatic rings. The number of ketones is 2. The highest BCUT2D eigenvalue weighted by atomic mass is 16.1. The first-order valence-electron chi connectivity index (χ1n) is 5.16. The van der Waals surface area contributed by atoms with Gasteiger partial charge in [-0.15, -0.1) is 0 Å². The summed E-state index contributed by atoms with van der Waals surface area (Å²) in [6.07, 6.45) is 0.963. The number of aryl methyl sites for hydroxylation is 1. The Bertz CT molecular complexity index is 349. The summed E-state index contributed by atoms with van der Waals surface area (Å²) in [7, 11) is 0. The van der Waals surface area contributed by atoms with E-state index in [-0.39, 0.29) is 11.6 Å². The van der Waals surface area contributed by atoms with Gasteiger partial charge in [-0.25, -0.2) is 0 Å². The molecule has 0 N–H and O–H groups in total.